The number of methoxy groups -OCH3 is 2. The molecule has 1 N–H and O–H groups in total. The van der Waals surface area contributed by atoms with Crippen molar-refractivity contribution < 1.29 is 29.0 Å². The number of aliphatic hydroxyl groups excluding tert-OH is 1. The number of rotatable bonds is 5. The Bertz CT molecular complexity index is 1580. The molecule has 7 nitrogen and oxygen atoms in total. The van der Waals surface area contributed by atoms with Crippen LogP contribution >= 0.6 is 0 Å². The summed E-state index contributed by atoms with van der Waals surface area (Å²) in [6, 6.07) is 25.1. The number of fused-ring (bicyclic) bond motifs is 1. The summed E-state index contributed by atoms with van der Waals surface area (Å²) in [5, 5.41) is 13.2. The van der Waals surface area contributed by atoms with Crippen molar-refractivity contribution in [3.8, 4) is 5.75 Å². The van der Waals surface area contributed by atoms with Gasteiger partial charge in [0.15, 0.2) is 0 Å². The van der Waals surface area contributed by atoms with Crippen LogP contribution in [-0.4, -0.2) is 37.0 Å². The number of hydrogen-bond donors (Lipinski definition) is 1. The highest BCUT2D eigenvalue weighted by Crippen LogP contribution is 2.45. The monoisotopic (exact) mass is 493 g/mol. The molecular weight excluding hydrogens is 470 g/mol. The van der Waals surface area contributed by atoms with Crippen LogP contribution in [0.15, 0.2) is 96.6 Å². The van der Waals surface area contributed by atoms with Gasteiger partial charge in [0.1, 0.15) is 11.5 Å². The van der Waals surface area contributed by atoms with Gasteiger partial charge in [-0.05, 0) is 35.0 Å². The largest absolute Gasteiger partial charge is 0.507 e. The zero-order valence-corrected chi connectivity index (χ0v) is 20.2. The number of aliphatic hydroxyl groups is 1. The summed E-state index contributed by atoms with van der Waals surface area (Å²) in [7, 11) is 2.76. The van der Waals surface area contributed by atoms with Crippen LogP contribution in [-0.2, 0) is 14.3 Å². The molecule has 37 heavy (non-hydrogen) atoms. The zero-order chi connectivity index (χ0) is 26.1. The van der Waals surface area contributed by atoms with Gasteiger partial charge in [-0.15, -0.1) is 0 Å². The smallest absolute Gasteiger partial charge is 0.337 e. The van der Waals surface area contributed by atoms with Gasteiger partial charge in [0, 0.05) is 16.8 Å². The average Bonchev–Trinajstić information content (AvgIpc) is 3.21. The van der Waals surface area contributed by atoms with Crippen LogP contribution < -0.4 is 9.64 Å². The lowest BCUT2D eigenvalue weighted by molar-refractivity contribution is -0.132. The van der Waals surface area contributed by atoms with Crippen LogP contribution in [0, 0.1) is 0 Å². The predicted octanol–water partition coefficient (Wildman–Crippen LogP) is 5.26. The molecule has 1 heterocycles. The number of carbonyl (C=O) groups excluding carboxylic acids is 3. The fourth-order valence-corrected chi connectivity index (χ4v) is 4.76. The molecule has 1 saturated heterocycles. The first-order chi connectivity index (χ1) is 18.0. The van der Waals surface area contributed by atoms with Gasteiger partial charge in [0.05, 0.1) is 31.4 Å². The number of ketones is 1. The van der Waals surface area contributed by atoms with Crippen LogP contribution in [0.2, 0.25) is 0 Å². The van der Waals surface area contributed by atoms with E-state index in [1.807, 2.05) is 30.3 Å². The molecule has 1 fully saturated rings. The minimum atomic E-state index is -1.01. The van der Waals surface area contributed by atoms with Crippen LogP contribution in [0.4, 0.5) is 5.69 Å². The molecule has 1 aliphatic heterocycles. The van der Waals surface area contributed by atoms with Gasteiger partial charge in [-0.3, -0.25) is 14.5 Å². The molecule has 7 heteroatoms. The molecule has 1 aliphatic rings. The number of ether oxygens (including phenoxy) is 2. The molecule has 0 radical (unpaired) electrons. The Kier molecular flexibility index (Phi) is 6.19. The molecule has 0 spiro atoms. The molecule has 1 amide bonds. The van der Waals surface area contributed by atoms with E-state index < -0.39 is 23.7 Å². The average molecular weight is 494 g/mol. The number of amides is 1. The maximum Gasteiger partial charge on any atom is 0.337 e. The minimum absolute atomic E-state index is 0.0747. The molecule has 0 saturated carbocycles. The SMILES string of the molecule is COC(=O)c1cccc(N2C(=O)C(=O)/C(=C(/O)c3cccc4ccccc34)C2c2ccccc2OC)c1. The molecule has 0 aromatic heterocycles. The summed E-state index contributed by atoms with van der Waals surface area (Å²) in [6.45, 7) is 0. The normalized spacial score (nSPS) is 16.7. The Balaban J connectivity index is 1.79. The number of Topliss-reactive ketones (excluding diaryl/α,β-unsaturated/α-hetero) is 1. The second-order valence-electron chi connectivity index (χ2n) is 8.48. The number of anilines is 1. The minimum Gasteiger partial charge on any atom is -0.507 e. The molecule has 184 valence electrons. The maximum absolute atomic E-state index is 13.6. The topological polar surface area (TPSA) is 93.1 Å². The quantitative estimate of drug-likeness (QED) is 0.176. The Labute approximate surface area is 213 Å². The third-order valence-electron chi connectivity index (χ3n) is 6.47. The van der Waals surface area contributed by atoms with Crippen molar-refractivity contribution >= 4 is 39.9 Å². The Hall–Kier alpha value is -4.91. The number of para-hydroxylation sites is 1. The second-order valence-corrected chi connectivity index (χ2v) is 8.48. The van der Waals surface area contributed by atoms with Crippen LogP contribution in [0.5, 0.6) is 5.75 Å². The van der Waals surface area contributed by atoms with Crippen molar-refractivity contribution in [2.45, 2.75) is 6.04 Å². The van der Waals surface area contributed by atoms with E-state index in [1.165, 1.54) is 25.2 Å². The fourth-order valence-electron chi connectivity index (χ4n) is 4.76. The summed E-state index contributed by atoms with van der Waals surface area (Å²) in [5.41, 5.74) is 1.38. The summed E-state index contributed by atoms with van der Waals surface area (Å²) >= 11 is 0. The standard InChI is InChI=1S/C30H23NO6/c1-36-24-16-6-5-14-23(24)26-25(27(32)22-15-8-10-18-9-3-4-13-21(18)22)28(33)29(34)31(26)20-12-7-11-19(17-20)30(35)37-2/h3-17,26,32H,1-2H3/b27-25+. The molecule has 5 rings (SSSR count). The van der Waals surface area contributed by atoms with E-state index in [2.05, 4.69) is 0 Å². The first-order valence-corrected chi connectivity index (χ1v) is 11.6. The number of carbonyl (C=O) groups is 3. The zero-order valence-electron chi connectivity index (χ0n) is 20.2. The Morgan fingerprint density at radius 3 is 2.35 bits per heavy atom. The lowest BCUT2D eigenvalue weighted by Crippen LogP contribution is -2.29. The number of benzene rings is 4. The molecule has 4 aromatic carbocycles. The second kappa shape index (κ2) is 9.62. The van der Waals surface area contributed by atoms with Crippen molar-refractivity contribution in [1.82, 2.24) is 0 Å². The van der Waals surface area contributed by atoms with Crippen molar-refractivity contribution in [1.29, 1.82) is 0 Å². The Morgan fingerprint density at radius 1 is 0.865 bits per heavy atom. The molecule has 0 bridgehead atoms. The van der Waals surface area contributed by atoms with E-state index in [9.17, 15) is 19.5 Å². The van der Waals surface area contributed by atoms with Crippen molar-refractivity contribution in [3.63, 3.8) is 0 Å². The van der Waals surface area contributed by atoms with Gasteiger partial charge in [-0.1, -0.05) is 66.7 Å². The fraction of sp³-hybridized carbons (Fsp3) is 0.100. The molecular formula is C30H23NO6. The molecule has 0 aliphatic carbocycles. The van der Waals surface area contributed by atoms with Gasteiger partial charge < -0.3 is 14.6 Å². The van der Waals surface area contributed by atoms with E-state index >= 15 is 0 Å². The molecule has 1 atom stereocenters. The van der Waals surface area contributed by atoms with Gasteiger partial charge in [0.25, 0.3) is 11.7 Å². The Morgan fingerprint density at radius 2 is 1.57 bits per heavy atom. The highest BCUT2D eigenvalue weighted by molar-refractivity contribution is 6.52. The number of nitrogens with zero attached hydrogens (tertiary/aromatic N) is 1. The van der Waals surface area contributed by atoms with E-state index in [0.717, 1.165) is 10.8 Å². The summed E-state index contributed by atoms with van der Waals surface area (Å²) in [5.74, 6) is -2.11. The number of hydrogen-bond acceptors (Lipinski definition) is 6. The lowest BCUT2D eigenvalue weighted by atomic mass is 9.92. The van der Waals surface area contributed by atoms with E-state index in [1.54, 1.807) is 54.6 Å². The van der Waals surface area contributed by atoms with E-state index in [0.29, 0.717) is 22.6 Å². The summed E-state index contributed by atoms with van der Waals surface area (Å²) in [4.78, 5) is 40.6. The van der Waals surface area contributed by atoms with Gasteiger partial charge in [0.2, 0.25) is 0 Å². The van der Waals surface area contributed by atoms with E-state index in [-0.39, 0.29) is 16.9 Å². The molecule has 4 aromatic rings. The highest BCUT2D eigenvalue weighted by Gasteiger charge is 2.48. The first kappa shape index (κ1) is 23.8. The van der Waals surface area contributed by atoms with Gasteiger partial charge in [-0.2, -0.15) is 0 Å². The first-order valence-electron chi connectivity index (χ1n) is 11.6. The summed E-state index contributed by atoms with van der Waals surface area (Å²) < 4.78 is 10.4. The van der Waals surface area contributed by atoms with Crippen molar-refractivity contribution in [2.24, 2.45) is 0 Å². The van der Waals surface area contributed by atoms with Crippen molar-refractivity contribution in [2.75, 3.05) is 19.1 Å². The number of esters is 1. The summed E-state index contributed by atoms with van der Waals surface area (Å²) in [6.07, 6.45) is 0. The van der Waals surface area contributed by atoms with Gasteiger partial charge >= 0.3 is 5.97 Å². The highest BCUT2D eigenvalue weighted by atomic mass is 16.5. The third kappa shape index (κ3) is 4.00. The maximum atomic E-state index is 13.6. The molecule has 1 unspecified atom stereocenters. The third-order valence-corrected chi connectivity index (χ3v) is 6.47. The van der Waals surface area contributed by atoms with Crippen LogP contribution in [0.1, 0.15) is 27.5 Å². The van der Waals surface area contributed by atoms with Crippen LogP contribution in [0.25, 0.3) is 16.5 Å². The van der Waals surface area contributed by atoms with Crippen LogP contribution in [0.3, 0.4) is 0 Å². The predicted molar refractivity (Wildman–Crippen MR) is 140 cm³/mol. The van der Waals surface area contributed by atoms with Gasteiger partial charge in [-0.25, -0.2) is 4.79 Å². The lowest BCUT2D eigenvalue weighted by Gasteiger charge is -2.27. The van der Waals surface area contributed by atoms with Crippen molar-refractivity contribution in [3.05, 3.63) is 113 Å². The van der Waals surface area contributed by atoms with E-state index in [4.69, 9.17) is 9.47 Å².